The highest BCUT2D eigenvalue weighted by atomic mass is 32.1. The van der Waals surface area contributed by atoms with Crippen LogP contribution in [0.4, 0.5) is 0 Å². The highest BCUT2D eigenvalue weighted by molar-refractivity contribution is 7.13. The first-order valence-corrected chi connectivity index (χ1v) is 8.32. The molecule has 0 unspecified atom stereocenters. The van der Waals surface area contributed by atoms with Crippen LogP contribution in [0.25, 0.3) is 10.6 Å². The maximum Gasteiger partial charge on any atom is 0.245 e. The predicted octanol–water partition coefficient (Wildman–Crippen LogP) is 2.67. The summed E-state index contributed by atoms with van der Waals surface area (Å²) in [7, 11) is 1.38. The van der Waals surface area contributed by atoms with E-state index in [2.05, 4.69) is 10.3 Å². The van der Waals surface area contributed by atoms with Crippen LogP contribution in [0.1, 0.15) is 23.8 Å². The number of nitrogens with one attached hydrogen (secondary N) is 1. The van der Waals surface area contributed by atoms with Gasteiger partial charge in [0.25, 0.3) is 0 Å². The van der Waals surface area contributed by atoms with Gasteiger partial charge in [0.15, 0.2) is 5.92 Å². The Balaban J connectivity index is 2.17. The van der Waals surface area contributed by atoms with Crippen molar-refractivity contribution in [3.63, 3.8) is 0 Å². The number of nitriles is 1. The Labute approximate surface area is 144 Å². The second kappa shape index (κ2) is 8.22. The van der Waals surface area contributed by atoms with E-state index in [1.54, 1.807) is 11.4 Å². The summed E-state index contributed by atoms with van der Waals surface area (Å²) in [6, 6.07) is 9.12. The van der Waals surface area contributed by atoms with E-state index in [-0.39, 0.29) is 5.69 Å². The number of nitrogens with zero attached hydrogens (tertiary/aromatic N) is 2. The third-order valence-electron chi connectivity index (χ3n) is 3.23. The van der Waals surface area contributed by atoms with E-state index in [9.17, 15) is 9.59 Å². The fourth-order valence-corrected chi connectivity index (χ4v) is 2.78. The first kappa shape index (κ1) is 17.6. The summed E-state index contributed by atoms with van der Waals surface area (Å²) < 4.78 is 5.52. The molecule has 0 aliphatic rings. The number of carbonyl (C=O) groups is 2. The molecule has 1 atom stereocenters. The largest absolute Gasteiger partial charge is 0.494 e. The third kappa shape index (κ3) is 3.97. The normalized spacial score (nSPS) is 11.4. The van der Waals surface area contributed by atoms with E-state index in [1.165, 1.54) is 18.4 Å². The van der Waals surface area contributed by atoms with Crippen molar-refractivity contribution < 1.29 is 14.3 Å². The van der Waals surface area contributed by atoms with Crippen LogP contribution in [0.5, 0.6) is 5.75 Å². The van der Waals surface area contributed by atoms with Gasteiger partial charge >= 0.3 is 0 Å². The van der Waals surface area contributed by atoms with Gasteiger partial charge in [-0.05, 0) is 30.7 Å². The lowest BCUT2D eigenvalue weighted by molar-refractivity contribution is -0.121. The molecule has 2 rings (SSSR count). The quantitative estimate of drug-likeness (QED) is 0.616. The van der Waals surface area contributed by atoms with Gasteiger partial charge in [0.05, 0.1) is 12.7 Å². The SMILES string of the molecule is CCCOc1ccc(-c2nc(C(=O)[C@@H](C#N)C(=O)NC)cs2)cc1. The van der Waals surface area contributed by atoms with Gasteiger partial charge in [0.1, 0.15) is 16.5 Å². The van der Waals surface area contributed by atoms with Crippen molar-refractivity contribution in [2.24, 2.45) is 5.92 Å². The lowest BCUT2D eigenvalue weighted by atomic mass is 10.0. The number of Topliss-reactive ketones (excluding diaryl/α,β-unsaturated/α-hetero) is 1. The molecule has 2 aromatic rings. The number of amides is 1. The van der Waals surface area contributed by atoms with Gasteiger partial charge in [0, 0.05) is 18.0 Å². The average Bonchev–Trinajstić information content (AvgIpc) is 3.10. The Bertz CT molecular complexity index is 762. The van der Waals surface area contributed by atoms with Gasteiger partial charge in [-0.3, -0.25) is 9.59 Å². The van der Waals surface area contributed by atoms with Crippen LogP contribution in [0.3, 0.4) is 0 Å². The van der Waals surface area contributed by atoms with Crippen molar-refractivity contribution in [1.82, 2.24) is 10.3 Å². The molecule has 0 aliphatic carbocycles. The lowest BCUT2D eigenvalue weighted by Gasteiger charge is -2.05. The number of benzene rings is 1. The standard InChI is InChI=1S/C17H17N3O3S/c1-3-8-23-12-6-4-11(5-7-12)17-20-14(10-24-17)15(21)13(9-18)16(22)19-2/h4-7,10,13H,3,8H2,1-2H3,(H,19,22)/t13-/m1/s1. The second-order valence-electron chi connectivity index (χ2n) is 4.95. The van der Waals surface area contributed by atoms with Gasteiger partial charge < -0.3 is 10.1 Å². The summed E-state index contributed by atoms with van der Waals surface area (Å²) in [5.74, 6) is -1.83. The molecular formula is C17H17N3O3S. The number of hydrogen-bond acceptors (Lipinski definition) is 6. The van der Waals surface area contributed by atoms with E-state index in [4.69, 9.17) is 10.00 Å². The van der Waals surface area contributed by atoms with Gasteiger partial charge in [-0.2, -0.15) is 5.26 Å². The molecule has 1 N–H and O–H groups in total. The molecular weight excluding hydrogens is 326 g/mol. The molecule has 0 bridgehead atoms. The van der Waals surface area contributed by atoms with Crippen LogP contribution in [0.2, 0.25) is 0 Å². The van der Waals surface area contributed by atoms with Crippen molar-refractivity contribution in [3.05, 3.63) is 35.3 Å². The summed E-state index contributed by atoms with van der Waals surface area (Å²) >= 11 is 1.29. The fourth-order valence-electron chi connectivity index (χ4n) is 1.96. The first-order chi connectivity index (χ1) is 11.6. The van der Waals surface area contributed by atoms with Crippen LogP contribution in [0.15, 0.2) is 29.6 Å². The van der Waals surface area contributed by atoms with Crippen LogP contribution in [-0.2, 0) is 4.79 Å². The maximum absolute atomic E-state index is 12.2. The Morgan fingerprint density at radius 1 is 1.38 bits per heavy atom. The second-order valence-corrected chi connectivity index (χ2v) is 5.81. The minimum Gasteiger partial charge on any atom is -0.494 e. The summed E-state index contributed by atoms with van der Waals surface area (Å²) in [5, 5.41) is 13.5. The summed E-state index contributed by atoms with van der Waals surface area (Å²) in [4.78, 5) is 28.1. The molecule has 1 aromatic carbocycles. The topological polar surface area (TPSA) is 92.1 Å². The zero-order valence-electron chi connectivity index (χ0n) is 13.4. The fraction of sp³-hybridized carbons (Fsp3) is 0.294. The lowest BCUT2D eigenvalue weighted by Crippen LogP contribution is -2.32. The van der Waals surface area contributed by atoms with Crippen molar-refractivity contribution in [2.45, 2.75) is 13.3 Å². The molecule has 0 aliphatic heterocycles. The molecule has 24 heavy (non-hydrogen) atoms. The van der Waals surface area contributed by atoms with Crippen LogP contribution in [0, 0.1) is 17.2 Å². The average molecular weight is 343 g/mol. The van der Waals surface area contributed by atoms with Crippen LogP contribution >= 0.6 is 11.3 Å². The van der Waals surface area contributed by atoms with Gasteiger partial charge in [-0.1, -0.05) is 6.92 Å². The summed E-state index contributed by atoms with van der Waals surface area (Å²) in [6.07, 6.45) is 0.936. The number of carbonyl (C=O) groups excluding carboxylic acids is 2. The molecule has 7 heteroatoms. The van der Waals surface area contributed by atoms with E-state index in [1.807, 2.05) is 31.2 Å². The summed E-state index contributed by atoms with van der Waals surface area (Å²) in [5.41, 5.74) is 0.966. The molecule has 0 saturated heterocycles. The molecule has 6 nitrogen and oxygen atoms in total. The van der Waals surface area contributed by atoms with Gasteiger partial charge in [0.2, 0.25) is 11.7 Å². The Morgan fingerprint density at radius 2 is 2.08 bits per heavy atom. The molecule has 1 aromatic heterocycles. The number of rotatable bonds is 7. The summed E-state index contributed by atoms with van der Waals surface area (Å²) in [6.45, 7) is 2.69. The van der Waals surface area contributed by atoms with Crippen molar-refractivity contribution >= 4 is 23.0 Å². The Hall–Kier alpha value is -2.72. The van der Waals surface area contributed by atoms with Gasteiger partial charge in [-0.25, -0.2) is 4.98 Å². The number of aromatic nitrogens is 1. The molecule has 1 amide bonds. The number of thiazole rings is 1. The molecule has 0 radical (unpaired) electrons. The molecule has 0 fully saturated rings. The van der Waals surface area contributed by atoms with Crippen LogP contribution in [-0.4, -0.2) is 30.3 Å². The van der Waals surface area contributed by atoms with Crippen molar-refractivity contribution in [1.29, 1.82) is 5.26 Å². The van der Waals surface area contributed by atoms with E-state index in [0.717, 1.165) is 17.7 Å². The highest BCUT2D eigenvalue weighted by Gasteiger charge is 2.28. The number of ketones is 1. The monoisotopic (exact) mass is 343 g/mol. The first-order valence-electron chi connectivity index (χ1n) is 7.44. The third-order valence-corrected chi connectivity index (χ3v) is 4.12. The van der Waals surface area contributed by atoms with Crippen LogP contribution < -0.4 is 10.1 Å². The minimum absolute atomic E-state index is 0.122. The molecule has 124 valence electrons. The van der Waals surface area contributed by atoms with E-state index < -0.39 is 17.6 Å². The Kier molecular flexibility index (Phi) is 6.04. The van der Waals surface area contributed by atoms with Crippen molar-refractivity contribution in [2.75, 3.05) is 13.7 Å². The Morgan fingerprint density at radius 3 is 2.67 bits per heavy atom. The minimum atomic E-state index is -1.38. The highest BCUT2D eigenvalue weighted by Crippen LogP contribution is 2.26. The number of ether oxygens (including phenoxy) is 1. The molecule has 0 saturated carbocycles. The van der Waals surface area contributed by atoms with E-state index in [0.29, 0.717) is 11.6 Å². The maximum atomic E-state index is 12.2. The predicted molar refractivity (Wildman–Crippen MR) is 90.8 cm³/mol. The smallest absolute Gasteiger partial charge is 0.245 e. The van der Waals surface area contributed by atoms with E-state index >= 15 is 0 Å². The molecule has 1 heterocycles. The van der Waals surface area contributed by atoms with Gasteiger partial charge in [-0.15, -0.1) is 11.3 Å². The van der Waals surface area contributed by atoms with Crippen molar-refractivity contribution in [3.8, 4) is 22.4 Å². The number of hydrogen-bond donors (Lipinski definition) is 1. The zero-order valence-corrected chi connectivity index (χ0v) is 14.2. The molecule has 0 spiro atoms. The zero-order chi connectivity index (χ0) is 17.5.